The lowest BCUT2D eigenvalue weighted by Crippen LogP contribution is -2.52. The van der Waals surface area contributed by atoms with Crippen molar-refractivity contribution in [1.29, 1.82) is 0 Å². The Morgan fingerprint density at radius 3 is 2.69 bits per heavy atom. The molecule has 0 spiro atoms. The molecule has 2 N–H and O–H groups in total. The average molecular weight is 357 g/mol. The van der Waals surface area contributed by atoms with E-state index in [0.29, 0.717) is 32.0 Å². The SMILES string of the molecule is Cc1nc2cccnc2n1C1CCN(C(=O)NC2CC(C(=O)O)C2)CC1. The molecule has 0 atom stereocenters. The fourth-order valence-corrected chi connectivity index (χ4v) is 4.01. The van der Waals surface area contributed by atoms with Crippen molar-refractivity contribution < 1.29 is 14.7 Å². The molecule has 2 amide bonds. The standard InChI is InChI=1S/C18H23N5O3/c1-11-20-15-3-2-6-19-16(15)23(11)14-4-7-22(8-5-14)18(26)21-13-9-12(10-13)17(24)25/h2-3,6,12-14H,4-5,7-10H2,1H3,(H,21,26)(H,24,25). The number of hydrogen-bond acceptors (Lipinski definition) is 4. The van der Waals surface area contributed by atoms with Crippen LogP contribution in [0.4, 0.5) is 4.79 Å². The molecule has 2 fully saturated rings. The molecule has 1 saturated carbocycles. The van der Waals surface area contributed by atoms with Gasteiger partial charge < -0.3 is 19.9 Å². The molecule has 0 bridgehead atoms. The van der Waals surface area contributed by atoms with Crippen LogP contribution in [-0.2, 0) is 4.79 Å². The van der Waals surface area contributed by atoms with Gasteiger partial charge in [-0.25, -0.2) is 14.8 Å². The Morgan fingerprint density at radius 1 is 1.27 bits per heavy atom. The number of carbonyl (C=O) groups is 2. The summed E-state index contributed by atoms with van der Waals surface area (Å²) in [6, 6.07) is 4.06. The number of nitrogens with one attached hydrogen (secondary N) is 1. The van der Waals surface area contributed by atoms with Crippen molar-refractivity contribution in [2.45, 2.75) is 44.7 Å². The number of aryl methyl sites for hydroxylation is 1. The molecular formula is C18H23N5O3. The van der Waals surface area contributed by atoms with E-state index in [1.807, 2.05) is 24.0 Å². The number of pyridine rings is 1. The third-order valence-corrected chi connectivity index (χ3v) is 5.56. The smallest absolute Gasteiger partial charge is 0.317 e. The number of aliphatic carboxylic acids is 1. The van der Waals surface area contributed by atoms with E-state index in [1.165, 1.54) is 0 Å². The van der Waals surface area contributed by atoms with Crippen LogP contribution in [0.5, 0.6) is 0 Å². The van der Waals surface area contributed by atoms with Crippen molar-refractivity contribution in [2.75, 3.05) is 13.1 Å². The average Bonchev–Trinajstić information content (AvgIpc) is 2.93. The monoisotopic (exact) mass is 357 g/mol. The van der Waals surface area contributed by atoms with Crippen LogP contribution in [0.3, 0.4) is 0 Å². The van der Waals surface area contributed by atoms with Crippen LogP contribution >= 0.6 is 0 Å². The minimum atomic E-state index is -0.771. The Balaban J connectivity index is 1.35. The fourth-order valence-electron chi connectivity index (χ4n) is 4.01. The van der Waals surface area contributed by atoms with Crippen molar-refractivity contribution in [3.63, 3.8) is 0 Å². The quantitative estimate of drug-likeness (QED) is 0.874. The summed E-state index contributed by atoms with van der Waals surface area (Å²) in [5, 5.41) is 11.9. The molecule has 0 aromatic carbocycles. The lowest BCUT2D eigenvalue weighted by molar-refractivity contribution is -0.145. The number of urea groups is 1. The van der Waals surface area contributed by atoms with Gasteiger partial charge in [0.2, 0.25) is 0 Å². The second-order valence-corrected chi connectivity index (χ2v) is 7.25. The van der Waals surface area contributed by atoms with Gasteiger partial charge in [-0.2, -0.15) is 0 Å². The number of amides is 2. The number of hydrogen-bond donors (Lipinski definition) is 2. The molecule has 4 rings (SSSR count). The number of rotatable bonds is 3. The Morgan fingerprint density at radius 2 is 2.00 bits per heavy atom. The highest BCUT2D eigenvalue weighted by Crippen LogP contribution is 2.29. The van der Waals surface area contributed by atoms with E-state index < -0.39 is 5.97 Å². The van der Waals surface area contributed by atoms with E-state index in [-0.39, 0.29) is 18.0 Å². The summed E-state index contributed by atoms with van der Waals surface area (Å²) in [7, 11) is 0. The van der Waals surface area contributed by atoms with Gasteiger partial charge in [0.25, 0.3) is 0 Å². The molecule has 2 aromatic rings. The first kappa shape index (κ1) is 16.8. The first-order valence-corrected chi connectivity index (χ1v) is 9.10. The number of piperidine rings is 1. The molecule has 0 radical (unpaired) electrons. The third kappa shape index (κ3) is 3.00. The Kier molecular flexibility index (Phi) is 4.26. The summed E-state index contributed by atoms with van der Waals surface area (Å²) in [4.78, 5) is 34.1. The first-order valence-electron chi connectivity index (χ1n) is 9.10. The Labute approximate surface area is 151 Å². The molecule has 1 saturated heterocycles. The van der Waals surface area contributed by atoms with Gasteiger partial charge >= 0.3 is 12.0 Å². The maximum absolute atomic E-state index is 12.4. The second-order valence-electron chi connectivity index (χ2n) is 7.25. The van der Waals surface area contributed by atoms with E-state index in [1.54, 1.807) is 6.20 Å². The summed E-state index contributed by atoms with van der Waals surface area (Å²) in [6.07, 6.45) is 4.57. The van der Waals surface area contributed by atoms with Gasteiger partial charge in [0.1, 0.15) is 11.3 Å². The van der Waals surface area contributed by atoms with Gasteiger partial charge in [0.05, 0.1) is 5.92 Å². The normalized spacial score (nSPS) is 23.7. The van der Waals surface area contributed by atoms with Crippen LogP contribution in [0.15, 0.2) is 18.3 Å². The molecule has 2 aromatic heterocycles. The molecule has 1 aliphatic heterocycles. The zero-order valence-electron chi connectivity index (χ0n) is 14.8. The summed E-state index contributed by atoms with van der Waals surface area (Å²) in [5.74, 6) is -0.125. The van der Waals surface area contributed by atoms with Gasteiger partial charge in [-0.3, -0.25) is 4.79 Å². The third-order valence-electron chi connectivity index (χ3n) is 5.56. The van der Waals surface area contributed by atoms with E-state index in [0.717, 1.165) is 29.8 Å². The molecular weight excluding hydrogens is 334 g/mol. The van der Waals surface area contributed by atoms with Gasteiger partial charge in [0, 0.05) is 31.4 Å². The van der Waals surface area contributed by atoms with Crippen molar-refractivity contribution in [3.8, 4) is 0 Å². The van der Waals surface area contributed by atoms with Crippen molar-refractivity contribution in [2.24, 2.45) is 5.92 Å². The number of likely N-dealkylation sites (tertiary alicyclic amines) is 1. The molecule has 8 heteroatoms. The Bertz CT molecular complexity index is 834. The summed E-state index contributed by atoms with van der Waals surface area (Å²) >= 11 is 0. The fraction of sp³-hybridized carbons (Fsp3) is 0.556. The molecule has 8 nitrogen and oxygen atoms in total. The molecule has 1 aliphatic carbocycles. The maximum Gasteiger partial charge on any atom is 0.317 e. The molecule has 2 aliphatic rings. The predicted octanol–water partition coefficient (Wildman–Crippen LogP) is 1.95. The number of fused-ring (bicyclic) bond motifs is 1. The van der Waals surface area contributed by atoms with Gasteiger partial charge in [-0.15, -0.1) is 0 Å². The van der Waals surface area contributed by atoms with Crippen LogP contribution in [0.1, 0.15) is 37.5 Å². The number of carboxylic acid groups (broad SMARTS) is 1. The highest BCUT2D eigenvalue weighted by atomic mass is 16.4. The van der Waals surface area contributed by atoms with Crippen LogP contribution in [-0.4, -0.2) is 55.7 Å². The van der Waals surface area contributed by atoms with E-state index in [4.69, 9.17) is 5.11 Å². The minimum absolute atomic E-state index is 0.00893. The van der Waals surface area contributed by atoms with Gasteiger partial charge in [-0.05, 0) is 44.7 Å². The van der Waals surface area contributed by atoms with Crippen LogP contribution in [0.25, 0.3) is 11.2 Å². The molecule has 26 heavy (non-hydrogen) atoms. The highest BCUT2D eigenvalue weighted by Gasteiger charge is 2.36. The molecule has 138 valence electrons. The zero-order valence-corrected chi connectivity index (χ0v) is 14.8. The number of imidazole rings is 1. The van der Waals surface area contributed by atoms with E-state index in [9.17, 15) is 9.59 Å². The van der Waals surface area contributed by atoms with Crippen LogP contribution in [0, 0.1) is 12.8 Å². The van der Waals surface area contributed by atoms with Gasteiger partial charge in [-0.1, -0.05) is 0 Å². The lowest BCUT2D eigenvalue weighted by atomic mass is 9.80. The van der Waals surface area contributed by atoms with Gasteiger partial charge in [0.15, 0.2) is 5.65 Å². The number of carbonyl (C=O) groups excluding carboxylic acids is 1. The van der Waals surface area contributed by atoms with Crippen LogP contribution in [0.2, 0.25) is 0 Å². The summed E-state index contributed by atoms with van der Waals surface area (Å²) in [5.41, 5.74) is 1.81. The zero-order chi connectivity index (χ0) is 18.3. The second kappa shape index (κ2) is 6.59. The Hall–Kier alpha value is -2.64. The largest absolute Gasteiger partial charge is 0.481 e. The van der Waals surface area contributed by atoms with Crippen molar-refractivity contribution in [3.05, 3.63) is 24.2 Å². The highest BCUT2D eigenvalue weighted by molar-refractivity contribution is 5.76. The summed E-state index contributed by atoms with van der Waals surface area (Å²) < 4.78 is 2.19. The molecule has 3 heterocycles. The van der Waals surface area contributed by atoms with E-state index >= 15 is 0 Å². The lowest BCUT2D eigenvalue weighted by Gasteiger charge is -2.37. The number of carboxylic acids is 1. The topological polar surface area (TPSA) is 100 Å². The summed E-state index contributed by atoms with van der Waals surface area (Å²) in [6.45, 7) is 3.35. The van der Waals surface area contributed by atoms with E-state index in [2.05, 4.69) is 19.9 Å². The maximum atomic E-state index is 12.4. The first-order chi connectivity index (χ1) is 12.5. The molecule has 0 unspecified atom stereocenters. The number of nitrogens with zero attached hydrogens (tertiary/aromatic N) is 4. The number of aromatic nitrogens is 3. The minimum Gasteiger partial charge on any atom is -0.481 e. The van der Waals surface area contributed by atoms with Crippen molar-refractivity contribution >= 4 is 23.2 Å². The van der Waals surface area contributed by atoms with Crippen molar-refractivity contribution in [1.82, 2.24) is 24.8 Å². The predicted molar refractivity (Wildman–Crippen MR) is 94.8 cm³/mol. The van der Waals surface area contributed by atoms with Crippen LogP contribution < -0.4 is 5.32 Å².